The number of likely N-dealkylation sites (tertiary alicyclic amines) is 1. The Kier molecular flexibility index (Phi) is 10.0. The van der Waals surface area contributed by atoms with Crippen molar-refractivity contribution in [1.82, 2.24) is 14.7 Å². The molecule has 5 rings (SSSR count). The first-order chi connectivity index (χ1) is 21.5. The topological polar surface area (TPSA) is 81.2 Å². The highest BCUT2D eigenvalue weighted by atomic mass is 79.9. The van der Waals surface area contributed by atoms with Gasteiger partial charge in [-0.15, -0.1) is 24.9 Å². The van der Waals surface area contributed by atoms with E-state index in [0.717, 1.165) is 11.1 Å². The fourth-order valence-electron chi connectivity index (χ4n) is 7.53. The van der Waals surface area contributed by atoms with E-state index in [-0.39, 0.29) is 34.4 Å². The Labute approximate surface area is 279 Å². The maximum absolute atomic E-state index is 14.9. The molecule has 2 bridgehead atoms. The predicted octanol–water partition coefficient (Wildman–Crippen LogP) is 5.08. The molecule has 1 N–H and O–H groups in total. The summed E-state index contributed by atoms with van der Waals surface area (Å²) in [7, 11) is 0. The molecule has 3 amide bonds. The van der Waals surface area contributed by atoms with E-state index in [1.807, 2.05) is 81.4 Å². The minimum absolute atomic E-state index is 0.0535. The standard InChI is InChI=1S/C36H44BrN3O4S/c1-6-18-38(22-25-16-12-9-13-17-25)32(42)28-29-33(43)40(26(23-41)20-24-14-10-8-11-15-24)31(36(29)21-27(37)30(28)45-36)34(44)39(19-7-2)35(3,4)5/h6-17,26-31,41H,1-2,18-23H2,3-5H3/t26-,27?,28-,29+,30-,31?,36?/m1/s1. The molecule has 3 unspecified atom stereocenters. The lowest BCUT2D eigenvalue weighted by Gasteiger charge is -2.43. The number of aliphatic hydroxyl groups is 1. The van der Waals surface area contributed by atoms with Gasteiger partial charge in [0.25, 0.3) is 0 Å². The van der Waals surface area contributed by atoms with Crippen molar-refractivity contribution in [3.8, 4) is 0 Å². The quantitative estimate of drug-likeness (QED) is 0.248. The van der Waals surface area contributed by atoms with Crippen LogP contribution in [-0.2, 0) is 27.3 Å². The van der Waals surface area contributed by atoms with E-state index in [1.54, 1.807) is 38.6 Å². The van der Waals surface area contributed by atoms with Crippen LogP contribution in [0.15, 0.2) is 86.0 Å². The highest BCUT2D eigenvalue weighted by Gasteiger charge is 2.76. The molecule has 0 saturated carbocycles. The number of thioether (sulfide) groups is 1. The molecule has 0 aromatic heterocycles. The third kappa shape index (κ3) is 6.15. The van der Waals surface area contributed by atoms with Crippen LogP contribution >= 0.6 is 27.7 Å². The smallest absolute Gasteiger partial charge is 0.247 e. The number of nitrogens with zero attached hydrogens (tertiary/aromatic N) is 3. The highest BCUT2D eigenvalue weighted by Crippen LogP contribution is 2.68. The Balaban J connectivity index is 1.60. The third-order valence-corrected chi connectivity index (χ3v) is 12.6. The molecular formula is C36H44BrN3O4S. The molecule has 9 heteroatoms. The Bertz CT molecular complexity index is 1420. The van der Waals surface area contributed by atoms with E-state index in [0.29, 0.717) is 32.5 Å². The third-order valence-electron chi connectivity index (χ3n) is 9.43. The second kappa shape index (κ2) is 13.5. The average molecular weight is 695 g/mol. The van der Waals surface area contributed by atoms with Gasteiger partial charge in [-0.25, -0.2) is 0 Å². The Morgan fingerprint density at radius 1 is 1.04 bits per heavy atom. The van der Waals surface area contributed by atoms with E-state index < -0.39 is 34.2 Å². The van der Waals surface area contributed by atoms with Crippen LogP contribution in [0.25, 0.3) is 0 Å². The molecule has 0 radical (unpaired) electrons. The van der Waals surface area contributed by atoms with Crippen LogP contribution in [0.3, 0.4) is 0 Å². The second-order valence-corrected chi connectivity index (χ2v) is 16.1. The Morgan fingerprint density at radius 2 is 1.64 bits per heavy atom. The van der Waals surface area contributed by atoms with E-state index in [4.69, 9.17) is 0 Å². The lowest BCUT2D eigenvalue weighted by molar-refractivity contribution is -0.148. The number of benzene rings is 2. The van der Waals surface area contributed by atoms with Crippen LogP contribution in [0.4, 0.5) is 0 Å². The predicted molar refractivity (Wildman–Crippen MR) is 184 cm³/mol. The highest BCUT2D eigenvalue weighted by molar-refractivity contribution is 9.09. The summed E-state index contributed by atoms with van der Waals surface area (Å²) in [5.41, 5.74) is 1.42. The molecule has 0 aliphatic carbocycles. The monoisotopic (exact) mass is 693 g/mol. The number of carbonyl (C=O) groups is 3. The van der Waals surface area contributed by atoms with Gasteiger partial charge >= 0.3 is 0 Å². The Morgan fingerprint density at radius 3 is 2.20 bits per heavy atom. The van der Waals surface area contributed by atoms with Gasteiger partial charge < -0.3 is 19.8 Å². The van der Waals surface area contributed by atoms with Crippen LogP contribution in [0.1, 0.15) is 38.3 Å². The molecule has 3 aliphatic rings. The molecule has 1 spiro atoms. The van der Waals surface area contributed by atoms with Crippen molar-refractivity contribution in [2.75, 3.05) is 19.7 Å². The van der Waals surface area contributed by atoms with Crippen molar-refractivity contribution < 1.29 is 19.5 Å². The van der Waals surface area contributed by atoms with Crippen LogP contribution in [0, 0.1) is 11.8 Å². The average Bonchev–Trinajstić information content (AvgIpc) is 3.61. The zero-order valence-corrected chi connectivity index (χ0v) is 28.8. The van der Waals surface area contributed by atoms with Gasteiger partial charge in [-0.2, -0.15) is 0 Å². The van der Waals surface area contributed by atoms with Crippen molar-refractivity contribution in [1.29, 1.82) is 0 Å². The van der Waals surface area contributed by atoms with E-state index >= 15 is 0 Å². The summed E-state index contributed by atoms with van der Waals surface area (Å²) in [5.74, 6) is -1.81. The van der Waals surface area contributed by atoms with Crippen molar-refractivity contribution in [2.45, 2.75) is 72.6 Å². The van der Waals surface area contributed by atoms with Crippen LogP contribution in [0.2, 0.25) is 0 Å². The number of aliphatic hydroxyl groups excluding tert-OH is 1. The summed E-state index contributed by atoms with van der Waals surface area (Å²) < 4.78 is -0.825. The molecule has 3 saturated heterocycles. The summed E-state index contributed by atoms with van der Waals surface area (Å²) in [4.78, 5) is 49.5. The number of hydrogen-bond donors (Lipinski definition) is 1. The molecule has 3 heterocycles. The van der Waals surface area contributed by atoms with Crippen molar-refractivity contribution in [3.63, 3.8) is 0 Å². The molecule has 2 aromatic rings. The van der Waals surface area contributed by atoms with Crippen LogP contribution < -0.4 is 0 Å². The van der Waals surface area contributed by atoms with E-state index in [2.05, 4.69) is 29.1 Å². The minimum Gasteiger partial charge on any atom is -0.394 e. The number of hydrogen-bond acceptors (Lipinski definition) is 5. The minimum atomic E-state index is -0.843. The van der Waals surface area contributed by atoms with Gasteiger partial charge in [-0.05, 0) is 44.7 Å². The number of fused-ring (bicyclic) bond motifs is 1. The van der Waals surface area contributed by atoms with Crippen molar-refractivity contribution in [3.05, 3.63) is 97.1 Å². The number of halogens is 1. The van der Waals surface area contributed by atoms with Crippen LogP contribution in [0.5, 0.6) is 0 Å². The van der Waals surface area contributed by atoms with Gasteiger partial charge in [0.15, 0.2) is 0 Å². The van der Waals surface area contributed by atoms with Gasteiger partial charge in [0.1, 0.15) is 6.04 Å². The lowest BCUT2D eigenvalue weighted by Crippen LogP contribution is -2.61. The molecular weight excluding hydrogens is 650 g/mol. The number of rotatable bonds is 12. The molecule has 7 atom stereocenters. The largest absolute Gasteiger partial charge is 0.394 e. The van der Waals surface area contributed by atoms with Gasteiger partial charge in [0, 0.05) is 35.3 Å². The maximum atomic E-state index is 14.9. The molecule has 240 valence electrons. The van der Waals surface area contributed by atoms with Gasteiger partial charge in [0.05, 0.1) is 29.2 Å². The fraction of sp³-hybridized carbons (Fsp3) is 0.472. The number of alkyl halides is 1. The van der Waals surface area contributed by atoms with E-state index in [1.165, 1.54) is 0 Å². The summed E-state index contributed by atoms with van der Waals surface area (Å²) in [6, 6.07) is 18.1. The first-order valence-electron chi connectivity index (χ1n) is 15.6. The van der Waals surface area contributed by atoms with Crippen molar-refractivity contribution in [2.24, 2.45) is 11.8 Å². The zero-order chi connectivity index (χ0) is 32.5. The van der Waals surface area contributed by atoms with Crippen molar-refractivity contribution >= 4 is 45.4 Å². The maximum Gasteiger partial charge on any atom is 0.247 e. The van der Waals surface area contributed by atoms with Gasteiger partial charge in [0.2, 0.25) is 17.7 Å². The normalized spacial score (nSPS) is 27.6. The summed E-state index contributed by atoms with van der Waals surface area (Å²) in [6.07, 6.45) is 4.40. The van der Waals surface area contributed by atoms with Crippen LogP contribution in [-0.4, -0.2) is 89.7 Å². The zero-order valence-electron chi connectivity index (χ0n) is 26.3. The van der Waals surface area contributed by atoms with E-state index in [9.17, 15) is 19.5 Å². The first kappa shape index (κ1) is 33.5. The molecule has 3 aliphatic heterocycles. The number of amides is 3. The summed E-state index contributed by atoms with van der Waals surface area (Å²) in [6.45, 7) is 14.5. The second-order valence-electron chi connectivity index (χ2n) is 13.3. The lowest BCUT2D eigenvalue weighted by atomic mass is 9.70. The summed E-state index contributed by atoms with van der Waals surface area (Å²) >= 11 is 5.51. The number of carbonyl (C=O) groups excluding carboxylic acids is 3. The Hall–Kier alpha value is -2.88. The SMILES string of the molecule is C=CCN(Cc1ccccc1)C(=O)[C@H]1[C@@H]2SC3(CC2Br)C(C(=O)N(CC=C)C(C)(C)C)N([C@@H](CO)Cc2ccccc2)C(=O)[C@H]13. The summed E-state index contributed by atoms with van der Waals surface area (Å²) in [5, 5.41) is 10.6. The molecule has 45 heavy (non-hydrogen) atoms. The van der Waals surface area contributed by atoms with Gasteiger partial charge in [-0.1, -0.05) is 88.7 Å². The van der Waals surface area contributed by atoms with Gasteiger partial charge in [-0.3, -0.25) is 14.4 Å². The first-order valence-corrected chi connectivity index (χ1v) is 17.4. The fourth-order valence-corrected chi connectivity index (χ4v) is 11.1. The molecule has 2 aromatic carbocycles. The molecule has 7 nitrogen and oxygen atoms in total. The molecule has 3 fully saturated rings.